The van der Waals surface area contributed by atoms with Crippen molar-refractivity contribution in [2.75, 3.05) is 11.9 Å². The van der Waals surface area contributed by atoms with E-state index in [0.29, 0.717) is 5.41 Å². The number of carbonyl (C=O) groups is 1. The van der Waals surface area contributed by atoms with E-state index >= 15 is 0 Å². The van der Waals surface area contributed by atoms with Gasteiger partial charge in [-0.3, -0.25) is 0 Å². The summed E-state index contributed by atoms with van der Waals surface area (Å²) in [5, 5.41) is 12.5. The Bertz CT molecular complexity index is 441. The molecule has 2 N–H and O–H groups in total. The smallest absolute Gasteiger partial charge is 0.337 e. The number of benzene rings is 1. The maximum atomic E-state index is 10.8. The van der Waals surface area contributed by atoms with Gasteiger partial charge in [-0.25, -0.2) is 4.79 Å². The molecule has 0 heterocycles. The second-order valence-electron chi connectivity index (χ2n) is 4.71. The van der Waals surface area contributed by atoms with E-state index in [4.69, 9.17) is 16.7 Å². The third-order valence-electron chi connectivity index (χ3n) is 3.57. The Kier molecular flexibility index (Phi) is 3.29. The van der Waals surface area contributed by atoms with Crippen molar-refractivity contribution in [1.29, 1.82) is 0 Å². The van der Waals surface area contributed by atoms with Gasteiger partial charge in [0.1, 0.15) is 0 Å². The molecule has 1 aromatic rings. The topological polar surface area (TPSA) is 49.3 Å². The third kappa shape index (κ3) is 2.72. The maximum absolute atomic E-state index is 10.8. The molecule has 1 aromatic carbocycles. The van der Waals surface area contributed by atoms with Gasteiger partial charge in [-0.15, -0.1) is 0 Å². The van der Waals surface area contributed by atoms with Crippen molar-refractivity contribution >= 4 is 23.3 Å². The number of anilines is 1. The summed E-state index contributed by atoms with van der Waals surface area (Å²) in [6, 6.07) is 4.98. The van der Waals surface area contributed by atoms with E-state index in [0.717, 1.165) is 12.2 Å². The van der Waals surface area contributed by atoms with E-state index in [1.807, 2.05) is 0 Å². The predicted octanol–water partition coefficient (Wildman–Crippen LogP) is 3.64. The highest BCUT2D eigenvalue weighted by atomic mass is 35.5. The molecule has 0 bridgehead atoms. The first-order chi connectivity index (χ1) is 8.06. The lowest BCUT2D eigenvalue weighted by Crippen LogP contribution is -2.14. The molecule has 0 unspecified atom stereocenters. The molecule has 1 fully saturated rings. The lowest BCUT2D eigenvalue weighted by molar-refractivity contribution is 0.0697. The summed E-state index contributed by atoms with van der Waals surface area (Å²) in [4.78, 5) is 10.8. The monoisotopic (exact) mass is 253 g/mol. The number of hydrogen-bond acceptors (Lipinski definition) is 2. The molecule has 0 radical (unpaired) electrons. The average molecular weight is 254 g/mol. The van der Waals surface area contributed by atoms with Gasteiger partial charge in [-0.1, -0.05) is 18.5 Å². The zero-order chi connectivity index (χ0) is 12.5. The van der Waals surface area contributed by atoms with Crippen molar-refractivity contribution in [3.8, 4) is 0 Å². The molecule has 1 aliphatic rings. The van der Waals surface area contributed by atoms with E-state index in [-0.39, 0.29) is 10.6 Å². The summed E-state index contributed by atoms with van der Waals surface area (Å²) in [6.45, 7) is 3.14. The van der Waals surface area contributed by atoms with Crippen LogP contribution in [0.25, 0.3) is 0 Å². The van der Waals surface area contributed by atoms with Gasteiger partial charge in [-0.2, -0.15) is 0 Å². The predicted molar refractivity (Wildman–Crippen MR) is 68.9 cm³/mol. The Hall–Kier alpha value is -1.22. The van der Waals surface area contributed by atoms with Crippen molar-refractivity contribution in [3.05, 3.63) is 28.8 Å². The second kappa shape index (κ2) is 4.57. The molecule has 3 nitrogen and oxygen atoms in total. The zero-order valence-corrected chi connectivity index (χ0v) is 10.5. The first-order valence-electron chi connectivity index (χ1n) is 5.83. The Balaban J connectivity index is 2.03. The molecule has 0 amide bonds. The van der Waals surface area contributed by atoms with E-state index < -0.39 is 5.97 Å². The van der Waals surface area contributed by atoms with Crippen LogP contribution in [-0.4, -0.2) is 17.6 Å². The molecule has 0 aromatic heterocycles. The summed E-state index contributed by atoms with van der Waals surface area (Å²) in [7, 11) is 0. The van der Waals surface area contributed by atoms with Crippen LogP contribution in [0, 0.1) is 5.41 Å². The molecular weight excluding hydrogens is 238 g/mol. The number of halogens is 1. The van der Waals surface area contributed by atoms with Gasteiger partial charge in [0.2, 0.25) is 0 Å². The van der Waals surface area contributed by atoms with E-state index in [2.05, 4.69) is 12.2 Å². The number of rotatable bonds is 5. The van der Waals surface area contributed by atoms with Gasteiger partial charge < -0.3 is 10.4 Å². The first kappa shape index (κ1) is 12.2. The fourth-order valence-corrected chi connectivity index (χ4v) is 2.18. The molecule has 0 aliphatic heterocycles. The number of aromatic carboxylic acids is 1. The van der Waals surface area contributed by atoms with Crippen molar-refractivity contribution in [2.45, 2.75) is 26.2 Å². The fourth-order valence-electron chi connectivity index (χ4n) is 1.92. The Morgan fingerprint density at radius 3 is 2.71 bits per heavy atom. The van der Waals surface area contributed by atoms with Crippen LogP contribution >= 0.6 is 11.6 Å². The molecule has 17 heavy (non-hydrogen) atoms. The lowest BCUT2D eigenvalue weighted by atomic mass is 10.0. The van der Waals surface area contributed by atoms with Crippen LogP contribution in [0.5, 0.6) is 0 Å². The van der Waals surface area contributed by atoms with Crippen LogP contribution in [0.15, 0.2) is 18.2 Å². The van der Waals surface area contributed by atoms with Crippen LogP contribution in [0.2, 0.25) is 5.02 Å². The third-order valence-corrected chi connectivity index (χ3v) is 3.89. The minimum Gasteiger partial charge on any atom is -0.478 e. The van der Waals surface area contributed by atoms with Crippen LogP contribution < -0.4 is 5.32 Å². The molecule has 1 aliphatic carbocycles. The van der Waals surface area contributed by atoms with E-state index in [1.165, 1.54) is 19.3 Å². The molecule has 0 spiro atoms. The van der Waals surface area contributed by atoms with Gasteiger partial charge in [0.25, 0.3) is 0 Å². The summed E-state index contributed by atoms with van der Waals surface area (Å²) in [5.74, 6) is -0.992. The average Bonchev–Trinajstić information content (AvgIpc) is 3.07. The quantitative estimate of drug-likeness (QED) is 0.842. The van der Waals surface area contributed by atoms with Crippen LogP contribution in [0.3, 0.4) is 0 Å². The highest BCUT2D eigenvalue weighted by molar-refractivity contribution is 6.33. The molecule has 92 valence electrons. The maximum Gasteiger partial charge on any atom is 0.337 e. The van der Waals surface area contributed by atoms with Crippen LogP contribution in [-0.2, 0) is 0 Å². The molecular formula is C13H16ClNO2. The molecule has 1 saturated carbocycles. The summed E-state index contributed by atoms with van der Waals surface area (Å²) < 4.78 is 0. The highest BCUT2D eigenvalue weighted by Crippen LogP contribution is 2.48. The van der Waals surface area contributed by atoms with Gasteiger partial charge >= 0.3 is 5.97 Å². The highest BCUT2D eigenvalue weighted by Gasteiger charge is 2.40. The normalized spacial score (nSPS) is 16.6. The minimum absolute atomic E-state index is 0.147. The van der Waals surface area contributed by atoms with Gasteiger partial charge in [0.15, 0.2) is 0 Å². The molecule has 0 atom stereocenters. The number of nitrogens with one attached hydrogen (secondary N) is 1. The Labute approximate surface area is 106 Å². The lowest BCUT2D eigenvalue weighted by Gasteiger charge is -2.14. The van der Waals surface area contributed by atoms with Crippen molar-refractivity contribution in [2.24, 2.45) is 5.41 Å². The Morgan fingerprint density at radius 2 is 2.24 bits per heavy atom. The fraction of sp³-hybridized carbons (Fsp3) is 0.462. The second-order valence-corrected chi connectivity index (χ2v) is 5.11. The van der Waals surface area contributed by atoms with E-state index in [1.54, 1.807) is 18.2 Å². The van der Waals surface area contributed by atoms with Gasteiger partial charge in [0.05, 0.1) is 10.6 Å². The first-order valence-corrected chi connectivity index (χ1v) is 6.21. The largest absolute Gasteiger partial charge is 0.478 e. The molecule has 0 saturated heterocycles. The van der Waals surface area contributed by atoms with Gasteiger partial charge in [0, 0.05) is 12.2 Å². The number of carboxylic acid groups (broad SMARTS) is 1. The summed E-state index contributed by atoms with van der Waals surface area (Å²) in [6.07, 6.45) is 3.73. The van der Waals surface area contributed by atoms with Crippen molar-refractivity contribution < 1.29 is 9.90 Å². The standard InChI is InChI=1S/C13H16ClNO2/c1-2-13(5-6-13)8-15-9-3-4-10(12(16)17)11(14)7-9/h3-4,7,15H,2,5-6,8H2,1H3,(H,16,17). The SMILES string of the molecule is CCC1(CNc2ccc(C(=O)O)c(Cl)c2)CC1. The van der Waals surface area contributed by atoms with Crippen LogP contribution in [0.4, 0.5) is 5.69 Å². The molecule has 2 rings (SSSR count). The van der Waals surface area contributed by atoms with Crippen molar-refractivity contribution in [1.82, 2.24) is 0 Å². The zero-order valence-electron chi connectivity index (χ0n) is 9.79. The van der Waals surface area contributed by atoms with Crippen LogP contribution in [0.1, 0.15) is 36.5 Å². The Morgan fingerprint density at radius 1 is 1.53 bits per heavy atom. The number of carboxylic acids is 1. The van der Waals surface area contributed by atoms with Gasteiger partial charge in [-0.05, 0) is 42.9 Å². The summed E-state index contributed by atoms with van der Waals surface area (Å²) >= 11 is 5.90. The minimum atomic E-state index is -0.992. The molecule has 4 heteroatoms. The van der Waals surface area contributed by atoms with E-state index in [9.17, 15) is 4.79 Å². The summed E-state index contributed by atoms with van der Waals surface area (Å²) in [5.41, 5.74) is 1.49. The number of hydrogen-bond donors (Lipinski definition) is 2. The van der Waals surface area contributed by atoms with Crippen molar-refractivity contribution in [3.63, 3.8) is 0 Å².